The Bertz CT molecular complexity index is 446. The predicted octanol–water partition coefficient (Wildman–Crippen LogP) is 1.66. The normalized spacial score (nSPS) is 16.0. The highest BCUT2D eigenvalue weighted by Crippen LogP contribution is 2.30. The fourth-order valence-corrected chi connectivity index (χ4v) is 1.86. The first-order valence-electron chi connectivity index (χ1n) is 6.62. The molecule has 0 saturated heterocycles. The highest BCUT2D eigenvalue weighted by Gasteiger charge is 2.27. The van der Waals surface area contributed by atoms with Crippen molar-refractivity contribution in [3.05, 3.63) is 11.7 Å². The Morgan fingerprint density at radius 2 is 2.16 bits per heavy atom. The van der Waals surface area contributed by atoms with Crippen LogP contribution in [0, 0.1) is 5.92 Å². The quantitative estimate of drug-likeness (QED) is 0.844. The van der Waals surface area contributed by atoms with Crippen LogP contribution in [0.1, 0.15) is 45.3 Å². The standard InChI is InChI=1S/C13H21N3O3/c1-13(2,3)12-14-10(19-15-12)7-16(8-11(17)18)6-9-4-5-9/h9H,4-8H2,1-3H3,(H,17,18). The molecule has 1 fully saturated rings. The molecule has 1 aliphatic rings. The van der Waals surface area contributed by atoms with Crippen molar-refractivity contribution in [2.24, 2.45) is 5.92 Å². The maximum atomic E-state index is 10.9. The van der Waals surface area contributed by atoms with E-state index in [0.29, 0.717) is 24.2 Å². The Balaban J connectivity index is 1.99. The van der Waals surface area contributed by atoms with Crippen LogP contribution < -0.4 is 0 Å². The summed E-state index contributed by atoms with van der Waals surface area (Å²) in [6, 6.07) is 0. The van der Waals surface area contributed by atoms with E-state index in [1.54, 1.807) is 0 Å². The molecular formula is C13H21N3O3. The monoisotopic (exact) mass is 267 g/mol. The van der Waals surface area contributed by atoms with Gasteiger partial charge in [0.25, 0.3) is 0 Å². The molecule has 1 aliphatic carbocycles. The Labute approximate surface area is 112 Å². The van der Waals surface area contributed by atoms with E-state index in [-0.39, 0.29) is 12.0 Å². The van der Waals surface area contributed by atoms with Crippen molar-refractivity contribution < 1.29 is 14.4 Å². The Hall–Kier alpha value is -1.43. The highest BCUT2D eigenvalue weighted by molar-refractivity contribution is 5.69. The molecule has 1 saturated carbocycles. The lowest BCUT2D eigenvalue weighted by Crippen LogP contribution is -2.31. The molecule has 2 rings (SSSR count). The Morgan fingerprint density at radius 3 is 2.63 bits per heavy atom. The zero-order valence-corrected chi connectivity index (χ0v) is 11.7. The minimum Gasteiger partial charge on any atom is -0.480 e. The van der Waals surface area contributed by atoms with Crippen LogP contribution in [-0.4, -0.2) is 39.2 Å². The van der Waals surface area contributed by atoms with E-state index in [0.717, 1.165) is 6.54 Å². The van der Waals surface area contributed by atoms with Gasteiger partial charge in [-0.05, 0) is 18.8 Å². The van der Waals surface area contributed by atoms with Crippen molar-refractivity contribution in [2.75, 3.05) is 13.1 Å². The van der Waals surface area contributed by atoms with Gasteiger partial charge in [-0.2, -0.15) is 4.98 Å². The van der Waals surface area contributed by atoms with E-state index in [1.165, 1.54) is 12.8 Å². The molecule has 106 valence electrons. The van der Waals surface area contributed by atoms with Gasteiger partial charge in [0, 0.05) is 12.0 Å². The second-order valence-electron chi connectivity index (χ2n) is 6.27. The van der Waals surface area contributed by atoms with E-state index in [2.05, 4.69) is 10.1 Å². The van der Waals surface area contributed by atoms with Crippen molar-refractivity contribution in [3.63, 3.8) is 0 Å². The lowest BCUT2D eigenvalue weighted by atomic mass is 9.96. The highest BCUT2D eigenvalue weighted by atomic mass is 16.5. The van der Waals surface area contributed by atoms with Gasteiger partial charge in [-0.3, -0.25) is 9.69 Å². The van der Waals surface area contributed by atoms with Crippen molar-refractivity contribution in [1.82, 2.24) is 15.0 Å². The molecule has 6 heteroatoms. The van der Waals surface area contributed by atoms with Gasteiger partial charge in [0.15, 0.2) is 5.82 Å². The molecule has 1 aromatic heterocycles. The van der Waals surface area contributed by atoms with Crippen LogP contribution in [0.4, 0.5) is 0 Å². The molecule has 6 nitrogen and oxygen atoms in total. The lowest BCUT2D eigenvalue weighted by Gasteiger charge is -2.17. The van der Waals surface area contributed by atoms with E-state index in [9.17, 15) is 4.79 Å². The first-order chi connectivity index (χ1) is 8.84. The summed E-state index contributed by atoms with van der Waals surface area (Å²) in [5, 5.41) is 12.9. The van der Waals surface area contributed by atoms with Gasteiger partial charge in [-0.1, -0.05) is 25.9 Å². The third-order valence-electron chi connectivity index (χ3n) is 3.07. The number of aliphatic carboxylic acids is 1. The van der Waals surface area contributed by atoms with Crippen LogP contribution in [0.5, 0.6) is 0 Å². The fourth-order valence-electron chi connectivity index (χ4n) is 1.86. The number of rotatable bonds is 6. The SMILES string of the molecule is CC(C)(C)c1noc(CN(CC(=O)O)CC2CC2)n1. The Kier molecular flexibility index (Phi) is 3.89. The maximum absolute atomic E-state index is 10.9. The van der Waals surface area contributed by atoms with Gasteiger partial charge in [-0.15, -0.1) is 0 Å². The fraction of sp³-hybridized carbons (Fsp3) is 0.769. The zero-order chi connectivity index (χ0) is 14.0. The topological polar surface area (TPSA) is 79.5 Å². The van der Waals surface area contributed by atoms with Gasteiger partial charge in [-0.25, -0.2) is 0 Å². The molecule has 1 aromatic rings. The largest absolute Gasteiger partial charge is 0.480 e. The third kappa shape index (κ3) is 4.31. The van der Waals surface area contributed by atoms with Crippen molar-refractivity contribution >= 4 is 5.97 Å². The number of hydrogen-bond donors (Lipinski definition) is 1. The van der Waals surface area contributed by atoms with Gasteiger partial charge in [0.05, 0.1) is 13.1 Å². The zero-order valence-electron chi connectivity index (χ0n) is 11.7. The summed E-state index contributed by atoms with van der Waals surface area (Å²) in [5.41, 5.74) is -0.157. The molecule has 0 bridgehead atoms. The van der Waals surface area contributed by atoms with Crippen LogP contribution in [0.15, 0.2) is 4.52 Å². The number of hydrogen-bond acceptors (Lipinski definition) is 5. The van der Waals surface area contributed by atoms with Crippen molar-refractivity contribution in [3.8, 4) is 0 Å². The third-order valence-corrected chi connectivity index (χ3v) is 3.07. The first kappa shape index (κ1) is 14.0. The molecule has 1 heterocycles. The summed E-state index contributed by atoms with van der Waals surface area (Å²) in [6.45, 7) is 7.26. The van der Waals surface area contributed by atoms with Crippen molar-refractivity contribution in [2.45, 2.75) is 45.6 Å². The summed E-state index contributed by atoms with van der Waals surface area (Å²) in [7, 11) is 0. The molecule has 0 unspecified atom stereocenters. The van der Waals surface area contributed by atoms with E-state index >= 15 is 0 Å². The van der Waals surface area contributed by atoms with Crippen LogP contribution in [0.3, 0.4) is 0 Å². The van der Waals surface area contributed by atoms with Gasteiger partial charge in [0.1, 0.15) is 0 Å². The smallest absolute Gasteiger partial charge is 0.317 e. The number of carbonyl (C=O) groups is 1. The molecule has 0 atom stereocenters. The summed E-state index contributed by atoms with van der Waals surface area (Å²) in [5.74, 6) is 0.955. The molecule has 1 N–H and O–H groups in total. The number of aromatic nitrogens is 2. The average Bonchev–Trinajstić information content (AvgIpc) is 2.91. The second-order valence-corrected chi connectivity index (χ2v) is 6.27. The summed E-state index contributed by atoms with van der Waals surface area (Å²) in [6.07, 6.45) is 2.38. The van der Waals surface area contributed by atoms with E-state index in [4.69, 9.17) is 9.63 Å². The first-order valence-corrected chi connectivity index (χ1v) is 6.62. The molecule has 19 heavy (non-hydrogen) atoms. The summed E-state index contributed by atoms with van der Waals surface area (Å²) in [4.78, 5) is 17.1. The minimum absolute atomic E-state index is 0.0176. The predicted molar refractivity (Wildman–Crippen MR) is 68.6 cm³/mol. The van der Waals surface area contributed by atoms with Gasteiger partial charge < -0.3 is 9.63 Å². The van der Waals surface area contributed by atoms with Crippen LogP contribution >= 0.6 is 0 Å². The van der Waals surface area contributed by atoms with Gasteiger partial charge in [0.2, 0.25) is 5.89 Å². The minimum atomic E-state index is -0.823. The average molecular weight is 267 g/mol. The summed E-state index contributed by atoms with van der Waals surface area (Å²) < 4.78 is 5.21. The molecule has 0 spiro atoms. The van der Waals surface area contributed by atoms with E-state index in [1.807, 2.05) is 25.7 Å². The number of carboxylic acids is 1. The van der Waals surface area contributed by atoms with Crippen LogP contribution in [-0.2, 0) is 16.8 Å². The molecule has 0 aliphatic heterocycles. The number of carboxylic acid groups (broad SMARTS) is 1. The second kappa shape index (κ2) is 5.28. The number of nitrogens with zero attached hydrogens (tertiary/aromatic N) is 3. The molecule has 0 amide bonds. The maximum Gasteiger partial charge on any atom is 0.317 e. The molecule has 0 aromatic carbocycles. The lowest BCUT2D eigenvalue weighted by molar-refractivity contribution is -0.138. The van der Waals surface area contributed by atoms with Crippen molar-refractivity contribution in [1.29, 1.82) is 0 Å². The van der Waals surface area contributed by atoms with Gasteiger partial charge >= 0.3 is 5.97 Å². The Morgan fingerprint density at radius 1 is 1.47 bits per heavy atom. The summed E-state index contributed by atoms with van der Waals surface area (Å²) >= 11 is 0. The van der Waals surface area contributed by atoms with Crippen LogP contribution in [0.25, 0.3) is 0 Å². The van der Waals surface area contributed by atoms with E-state index < -0.39 is 5.97 Å². The molecule has 0 radical (unpaired) electrons. The van der Waals surface area contributed by atoms with Crippen LogP contribution in [0.2, 0.25) is 0 Å². The molecular weight excluding hydrogens is 246 g/mol.